The number of aromatic nitrogens is 2. The predicted octanol–water partition coefficient (Wildman–Crippen LogP) is 3.34. The summed E-state index contributed by atoms with van der Waals surface area (Å²) in [6.45, 7) is 4.41. The summed E-state index contributed by atoms with van der Waals surface area (Å²) in [6, 6.07) is 9.10. The normalized spacial score (nSPS) is 16.0. The molecular weight excluding hydrogens is 336 g/mol. The first kappa shape index (κ1) is 16.4. The van der Waals surface area contributed by atoms with E-state index in [0.717, 1.165) is 11.1 Å². The van der Waals surface area contributed by atoms with E-state index in [0.29, 0.717) is 29.4 Å². The number of carbonyl (C=O) groups is 1. The van der Waals surface area contributed by atoms with Crippen molar-refractivity contribution in [2.24, 2.45) is 0 Å². The quantitative estimate of drug-likeness (QED) is 0.664. The molecule has 7 nitrogen and oxygen atoms in total. The van der Waals surface area contributed by atoms with Crippen LogP contribution in [0.15, 0.2) is 41.1 Å². The van der Waals surface area contributed by atoms with Gasteiger partial charge >= 0.3 is 5.97 Å². The molecule has 0 aliphatic carbocycles. The molecule has 4 rings (SSSR count). The lowest BCUT2D eigenvalue weighted by Gasteiger charge is -2.25. The molecule has 26 heavy (non-hydrogen) atoms. The Bertz CT molecular complexity index is 950. The molecule has 1 aliphatic rings. The number of pyridine rings is 1. The molecule has 1 atom stereocenters. The molecule has 1 aliphatic heterocycles. The average Bonchev–Trinajstić information content (AvgIpc) is 3.09. The first-order valence-corrected chi connectivity index (χ1v) is 8.42. The van der Waals surface area contributed by atoms with E-state index in [4.69, 9.17) is 18.7 Å². The largest absolute Gasteiger partial charge is 0.486 e. The van der Waals surface area contributed by atoms with Crippen LogP contribution in [0, 0.1) is 0 Å². The van der Waals surface area contributed by atoms with Crippen molar-refractivity contribution >= 4 is 17.1 Å². The summed E-state index contributed by atoms with van der Waals surface area (Å²) in [4.78, 5) is 16.5. The Morgan fingerprint density at radius 2 is 2.12 bits per heavy atom. The van der Waals surface area contributed by atoms with Gasteiger partial charge < -0.3 is 18.7 Å². The summed E-state index contributed by atoms with van der Waals surface area (Å²) in [6.07, 6.45) is 1.07. The lowest BCUT2D eigenvalue weighted by molar-refractivity contribution is 0.0109. The molecule has 3 aromatic rings. The topological polar surface area (TPSA) is 83.7 Å². The van der Waals surface area contributed by atoms with E-state index in [1.165, 1.54) is 6.20 Å². The van der Waals surface area contributed by atoms with Gasteiger partial charge in [0.15, 0.2) is 17.6 Å². The molecule has 0 saturated carbocycles. The Morgan fingerprint density at radius 3 is 2.92 bits per heavy atom. The predicted molar refractivity (Wildman–Crippen MR) is 92.5 cm³/mol. The SMILES string of the molecule is CC(C)c1noc2ncc(C(=O)OCC3COc4ccccc4O3)cc12. The second-order valence-electron chi connectivity index (χ2n) is 6.40. The van der Waals surface area contributed by atoms with Crippen LogP contribution in [0.5, 0.6) is 11.5 Å². The standard InChI is InChI=1S/C19H18N2O5/c1-11(2)17-14-7-12(8-20-18(14)26-21-17)19(22)24-10-13-9-23-15-5-3-4-6-16(15)25-13/h3-8,11,13H,9-10H2,1-2H3. The van der Waals surface area contributed by atoms with Gasteiger partial charge in [-0.05, 0) is 24.1 Å². The second-order valence-corrected chi connectivity index (χ2v) is 6.40. The first-order chi connectivity index (χ1) is 12.6. The van der Waals surface area contributed by atoms with Crippen LogP contribution >= 0.6 is 0 Å². The Hall–Kier alpha value is -3.09. The van der Waals surface area contributed by atoms with Gasteiger partial charge in [0.2, 0.25) is 0 Å². The molecule has 1 unspecified atom stereocenters. The van der Waals surface area contributed by atoms with Crippen LogP contribution in [0.25, 0.3) is 11.1 Å². The number of esters is 1. The molecule has 2 aromatic heterocycles. The molecule has 0 amide bonds. The highest BCUT2D eigenvalue weighted by Gasteiger charge is 2.23. The van der Waals surface area contributed by atoms with Gasteiger partial charge in [-0.15, -0.1) is 0 Å². The van der Waals surface area contributed by atoms with Crippen molar-refractivity contribution in [3.05, 3.63) is 47.8 Å². The number of carbonyl (C=O) groups excluding carboxylic acids is 1. The van der Waals surface area contributed by atoms with E-state index in [1.807, 2.05) is 38.1 Å². The van der Waals surface area contributed by atoms with E-state index in [-0.39, 0.29) is 18.6 Å². The molecule has 0 fully saturated rings. The average molecular weight is 354 g/mol. The van der Waals surface area contributed by atoms with E-state index in [2.05, 4.69) is 10.1 Å². The van der Waals surface area contributed by atoms with Crippen molar-refractivity contribution in [2.75, 3.05) is 13.2 Å². The third-order valence-electron chi connectivity index (χ3n) is 4.11. The highest BCUT2D eigenvalue weighted by molar-refractivity contribution is 5.93. The van der Waals surface area contributed by atoms with Crippen LogP contribution in [0.3, 0.4) is 0 Å². The van der Waals surface area contributed by atoms with Crippen LogP contribution in [0.1, 0.15) is 35.8 Å². The maximum absolute atomic E-state index is 12.4. The Balaban J connectivity index is 1.44. The van der Waals surface area contributed by atoms with E-state index in [1.54, 1.807) is 6.07 Å². The highest BCUT2D eigenvalue weighted by Crippen LogP contribution is 2.31. The molecule has 0 N–H and O–H groups in total. The highest BCUT2D eigenvalue weighted by atomic mass is 16.6. The second kappa shape index (κ2) is 6.67. The van der Waals surface area contributed by atoms with Crippen molar-refractivity contribution in [1.82, 2.24) is 10.1 Å². The number of fused-ring (bicyclic) bond motifs is 2. The van der Waals surface area contributed by atoms with E-state index in [9.17, 15) is 4.79 Å². The number of nitrogens with zero attached hydrogens (tertiary/aromatic N) is 2. The van der Waals surface area contributed by atoms with Gasteiger partial charge in [0.25, 0.3) is 5.71 Å². The summed E-state index contributed by atoms with van der Waals surface area (Å²) in [7, 11) is 0. The van der Waals surface area contributed by atoms with Gasteiger partial charge in [-0.2, -0.15) is 0 Å². The van der Waals surface area contributed by atoms with Crippen molar-refractivity contribution in [2.45, 2.75) is 25.9 Å². The van der Waals surface area contributed by atoms with Crippen molar-refractivity contribution in [3.8, 4) is 11.5 Å². The van der Waals surface area contributed by atoms with Crippen LogP contribution in [0.2, 0.25) is 0 Å². The molecule has 134 valence electrons. The molecular formula is C19H18N2O5. The maximum atomic E-state index is 12.4. The molecule has 0 bridgehead atoms. The number of rotatable bonds is 4. The number of benzene rings is 1. The zero-order valence-electron chi connectivity index (χ0n) is 14.5. The van der Waals surface area contributed by atoms with Crippen molar-refractivity contribution < 1.29 is 23.5 Å². The summed E-state index contributed by atoms with van der Waals surface area (Å²) in [5.74, 6) is 1.03. The van der Waals surface area contributed by atoms with E-state index >= 15 is 0 Å². The maximum Gasteiger partial charge on any atom is 0.339 e. The zero-order valence-corrected chi connectivity index (χ0v) is 14.5. The minimum absolute atomic E-state index is 0.0892. The molecule has 0 saturated heterocycles. The van der Waals surface area contributed by atoms with Gasteiger partial charge in [0.05, 0.1) is 16.6 Å². The lowest BCUT2D eigenvalue weighted by Crippen LogP contribution is -2.34. The summed E-state index contributed by atoms with van der Waals surface area (Å²) in [5.41, 5.74) is 1.52. The van der Waals surface area contributed by atoms with Gasteiger partial charge in [-0.25, -0.2) is 9.78 Å². The molecule has 1 aromatic carbocycles. The van der Waals surface area contributed by atoms with Crippen LogP contribution in [-0.2, 0) is 4.74 Å². The lowest BCUT2D eigenvalue weighted by atomic mass is 10.1. The third kappa shape index (κ3) is 3.08. The number of para-hydroxylation sites is 2. The summed E-state index contributed by atoms with van der Waals surface area (Å²) in [5, 5.41) is 4.73. The number of ether oxygens (including phenoxy) is 3. The Labute approximate surface area is 149 Å². The molecule has 0 radical (unpaired) electrons. The zero-order chi connectivity index (χ0) is 18.1. The minimum atomic E-state index is -0.474. The Morgan fingerprint density at radius 1 is 1.31 bits per heavy atom. The molecule has 0 spiro atoms. The molecule has 3 heterocycles. The van der Waals surface area contributed by atoms with Crippen molar-refractivity contribution in [3.63, 3.8) is 0 Å². The van der Waals surface area contributed by atoms with Gasteiger partial charge in [-0.3, -0.25) is 0 Å². The van der Waals surface area contributed by atoms with Crippen LogP contribution in [-0.4, -0.2) is 35.4 Å². The fourth-order valence-corrected chi connectivity index (χ4v) is 2.78. The van der Waals surface area contributed by atoms with Gasteiger partial charge in [-0.1, -0.05) is 31.1 Å². The monoisotopic (exact) mass is 354 g/mol. The van der Waals surface area contributed by atoms with Crippen molar-refractivity contribution in [1.29, 1.82) is 0 Å². The van der Waals surface area contributed by atoms with Gasteiger partial charge in [0, 0.05) is 6.20 Å². The fourth-order valence-electron chi connectivity index (χ4n) is 2.78. The smallest absolute Gasteiger partial charge is 0.339 e. The van der Waals surface area contributed by atoms with Crippen LogP contribution in [0.4, 0.5) is 0 Å². The number of hydrogen-bond acceptors (Lipinski definition) is 7. The van der Waals surface area contributed by atoms with E-state index < -0.39 is 5.97 Å². The first-order valence-electron chi connectivity index (χ1n) is 8.42. The summed E-state index contributed by atoms with van der Waals surface area (Å²) < 4.78 is 22.0. The van der Waals surface area contributed by atoms with Gasteiger partial charge in [0.1, 0.15) is 13.2 Å². The summed E-state index contributed by atoms with van der Waals surface area (Å²) >= 11 is 0. The third-order valence-corrected chi connectivity index (χ3v) is 4.11. The minimum Gasteiger partial charge on any atom is -0.486 e. The number of hydrogen-bond donors (Lipinski definition) is 0. The Kier molecular flexibility index (Phi) is 4.20. The fraction of sp³-hybridized carbons (Fsp3) is 0.316. The molecule has 7 heteroatoms. The van der Waals surface area contributed by atoms with Crippen LogP contribution < -0.4 is 9.47 Å².